The lowest BCUT2D eigenvalue weighted by Crippen LogP contribution is -2.46. The number of aryl methyl sites for hydroxylation is 1. The number of nitrogens with zero attached hydrogens (tertiary/aromatic N) is 1. The summed E-state index contributed by atoms with van der Waals surface area (Å²) in [5.41, 5.74) is 2.97. The third kappa shape index (κ3) is 1.69. The average molecular weight is 189 g/mol. The van der Waals surface area contributed by atoms with E-state index < -0.39 is 0 Å². The zero-order chi connectivity index (χ0) is 10.1. The molecule has 0 amide bonds. The van der Waals surface area contributed by atoms with E-state index in [4.69, 9.17) is 0 Å². The first-order valence-electron chi connectivity index (χ1n) is 5.42. The van der Waals surface area contributed by atoms with Crippen molar-refractivity contribution in [3.8, 4) is 0 Å². The molecule has 1 aliphatic heterocycles. The van der Waals surface area contributed by atoms with E-state index in [-0.39, 0.29) is 0 Å². The molecule has 0 aromatic heterocycles. The zero-order valence-corrected chi connectivity index (χ0v) is 9.33. The highest BCUT2D eigenvalue weighted by Gasteiger charge is 2.29. The van der Waals surface area contributed by atoms with Crippen molar-refractivity contribution in [2.45, 2.75) is 19.8 Å². The van der Waals surface area contributed by atoms with Gasteiger partial charge in [0.2, 0.25) is 0 Å². The van der Waals surface area contributed by atoms with Gasteiger partial charge in [0, 0.05) is 13.1 Å². The summed E-state index contributed by atoms with van der Waals surface area (Å²) in [5.74, 6) is 1.58. The Morgan fingerprint density at radius 3 is 2.50 bits per heavy atom. The predicted molar refractivity (Wildman–Crippen MR) is 60.6 cm³/mol. The molecule has 0 bridgehead atoms. The second-order valence-corrected chi connectivity index (χ2v) is 4.63. The van der Waals surface area contributed by atoms with E-state index in [2.05, 4.69) is 50.1 Å². The first kappa shape index (κ1) is 9.72. The van der Waals surface area contributed by atoms with Gasteiger partial charge in [0.05, 0.1) is 0 Å². The fourth-order valence-corrected chi connectivity index (χ4v) is 2.42. The molecule has 0 aliphatic carbocycles. The van der Waals surface area contributed by atoms with Crippen LogP contribution < -0.4 is 0 Å². The normalized spacial score (nSPS) is 20.5. The quantitative estimate of drug-likeness (QED) is 0.691. The van der Waals surface area contributed by atoms with Gasteiger partial charge in [-0.3, -0.25) is 0 Å². The van der Waals surface area contributed by atoms with E-state index >= 15 is 0 Å². The topological polar surface area (TPSA) is 3.24 Å². The maximum atomic E-state index is 2.39. The van der Waals surface area contributed by atoms with Gasteiger partial charge in [-0.25, -0.2) is 0 Å². The predicted octanol–water partition coefficient (Wildman–Crippen LogP) is 2.66. The molecule has 1 fully saturated rings. The van der Waals surface area contributed by atoms with Crippen LogP contribution in [0.1, 0.15) is 24.0 Å². The molecule has 1 atom stereocenters. The molecular weight excluding hydrogens is 170 g/mol. The van der Waals surface area contributed by atoms with Crippen molar-refractivity contribution in [2.75, 3.05) is 20.1 Å². The van der Waals surface area contributed by atoms with Gasteiger partial charge in [-0.15, -0.1) is 0 Å². The van der Waals surface area contributed by atoms with E-state index in [1.165, 1.54) is 24.2 Å². The van der Waals surface area contributed by atoms with E-state index in [9.17, 15) is 0 Å². The summed E-state index contributed by atoms with van der Waals surface area (Å²) in [4.78, 5) is 2.39. The molecule has 1 nitrogen and oxygen atoms in total. The first-order valence-corrected chi connectivity index (χ1v) is 5.42. The third-order valence-electron chi connectivity index (χ3n) is 3.48. The number of hydrogen-bond acceptors (Lipinski definition) is 1. The Bertz CT molecular complexity index is 313. The molecule has 0 N–H and O–H groups in total. The first-order chi connectivity index (χ1) is 6.68. The maximum absolute atomic E-state index is 2.39. The van der Waals surface area contributed by atoms with E-state index in [0.717, 1.165) is 5.92 Å². The van der Waals surface area contributed by atoms with Crippen molar-refractivity contribution < 1.29 is 0 Å². The molecule has 0 saturated carbocycles. The Labute approximate surface area is 86.7 Å². The molecule has 2 rings (SSSR count). The summed E-state index contributed by atoms with van der Waals surface area (Å²) in [6.45, 7) is 7.10. The molecule has 1 heterocycles. The largest absolute Gasteiger partial charge is 0.306 e. The van der Waals surface area contributed by atoms with Crippen LogP contribution in [0.4, 0.5) is 0 Å². The molecule has 1 aromatic carbocycles. The molecule has 1 aliphatic rings. The zero-order valence-electron chi connectivity index (χ0n) is 9.33. The number of likely N-dealkylation sites (tertiary alicyclic amines) is 1. The average Bonchev–Trinajstić information content (AvgIpc) is 2.13. The Hall–Kier alpha value is -0.820. The summed E-state index contributed by atoms with van der Waals surface area (Å²) in [5, 5.41) is 0. The lowest BCUT2D eigenvalue weighted by molar-refractivity contribution is 0.115. The maximum Gasteiger partial charge on any atom is 0.00247 e. The van der Waals surface area contributed by atoms with Gasteiger partial charge in [-0.2, -0.15) is 0 Å². The van der Waals surface area contributed by atoms with Gasteiger partial charge in [0.1, 0.15) is 0 Å². The highest BCUT2D eigenvalue weighted by Crippen LogP contribution is 2.32. The summed E-state index contributed by atoms with van der Waals surface area (Å²) >= 11 is 0. The lowest BCUT2D eigenvalue weighted by atomic mass is 9.81. The van der Waals surface area contributed by atoms with Gasteiger partial charge >= 0.3 is 0 Å². The number of hydrogen-bond donors (Lipinski definition) is 0. The van der Waals surface area contributed by atoms with Gasteiger partial charge in [0.25, 0.3) is 0 Å². The van der Waals surface area contributed by atoms with Gasteiger partial charge in [0.15, 0.2) is 0 Å². The van der Waals surface area contributed by atoms with Crippen molar-refractivity contribution in [3.63, 3.8) is 0 Å². The fourth-order valence-electron chi connectivity index (χ4n) is 2.42. The molecule has 1 heteroatoms. The number of benzene rings is 1. The third-order valence-corrected chi connectivity index (χ3v) is 3.48. The van der Waals surface area contributed by atoms with Crippen molar-refractivity contribution in [1.29, 1.82) is 0 Å². The summed E-state index contributed by atoms with van der Waals surface area (Å²) in [6, 6.07) is 8.77. The molecule has 1 unspecified atom stereocenters. The summed E-state index contributed by atoms with van der Waals surface area (Å²) in [7, 11) is 2.20. The van der Waals surface area contributed by atoms with Gasteiger partial charge in [-0.05, 0) is 36.9 Å². The SMILES string of the molecule is Cc1ccccc1C(C)C1CN(C)C1. The molecule has 14 heavy (non-hydrogen) atoms. The van der Waals surface area contributed by atoms with Crippen LogP contribution in [0.25, 0.3) is 0 Å². The Balaban J connectivity index is 2.11. The second kappa shape index (κ2) is 3.74. The van der Waals surface area contributed by atoms with Crippen LogP contribution in [-0.2, 0) is 0 Å². The fraction of sp³-hybridized carbons (Fsp3) is 0.538. The minimum absolute atomic E-state index is 0.715. The van der Waals surface area contributed by atoms with Crippen LogP contribution in [0.5, 0.6) is 0 Å². The van der Waals surface area contributed by atoms with E-state index in [1.54, 1.807) is 0 Å². The molecule has 0 spiro atoms. The van der Waals surface area contributed by atoms with Crippen LogP contribution in [0.3, 0.4) is 0 Å². The highest BCUT2D eigenvalue weighted by atomic mass is 15.2. The molecule has 0 radical (unpaired) electrons. The minimum atomic E-state index is 0.715. The molecule has 76 valence electrons. The summed E-state index contributed by atoms with van der Waals surface area (Å²) < 4.78 is 0. The Kier molecular flexibility index (Phi) is 2.60. The van der Waals surface area contributed by atoms with Crippen molar-refractivity contribution in [1.82, 2.24) is 4.90 Å². The number of rotatable bonds is 2. The van der Waals surface area contributed by atoms with Crippen LogP contribution >= 0.6 is 0 Å². The molecule has 1 aromatic rings. The van der Waals surface area contributed by atoms with Crippen molar-refractivity contribution >= 4 is 0 Å². The van der Waals surface area contributed by atoms with Gasteiger partial charge in [-0.1, -0.05) is 31.2 Å². The monoisotopic (exact) mass is 189 g/mol. The smallest absolute Gasteiger partial charge is 0.00247 e. The molecule has 1 saturated heterocycles. The van der Waals surface area contributed by atoms with Crippen molar-refractivity contribution in [2.24, 2.45) is 5.92 Å². The van der Waals surface area contributed by atoms with Crippen LogP contribution in [0, 0.1) is 12.8 Å². The van der Waals surface area contributed by atoms with Crippen molar-refractivity contribution in [3.05, 3.63) is 35.4 Å². The standard InChI is InChI=1S/C13H19N/c1-10-6-4-5-7-13(10)11(2)12-8-14(3)9-12/h4-7,11-12H,8-9H2,1-3H3. The molecular formula is C13H19N. The van der Waals surface area contributed by atoms with E-state index in [0.29, 0.717) is 5.92 Å². The lowest BCUT2D eigenvalue weighted by Gasteiger charge is -2.40. The Morgan fingerprint density at radius 1 is 1.29 bits per heavy atom. The van der Waals surface area contributed by atoms with E-state index in [1.807, 2.05) is 0 Å². The minimum Gasteiger partial charge on any atom is -0.306 e. The van der Waals surface area contributed by atoms with Crippen LogP contribution in [0.2, 0.25) is 0 Å². The van der Waals surface area contributed by atoms with Gasteiger partial charge < -0.3 is 4.90 Å². The summed E-state index contributed by atoms with van der Waals surface area (Å²) in [6.07, 6.45) is 0. The van der Waals surface area contributed by atoms with Crippen LogP contribution in [-0.4, -0.2) is 25.0 Å². The highest BCUT2D eigenvalue weighted by molar-refractivity contribution is 5.29. The van der Waals surface area contributed by atoms with Crippen LogP contribution in [0.15, 0.2) is 24.3 Å². The Morgan fingerprint density at radius 2 is 1.93 bits per heavy atom. The second-order valence-electron chi connectivity index (χ2n) is 4.63.